The first-order chi connectivity index (χ1) is 27.3. The summed E-state index contributed by atoms with van der Waals surface area (Å²) in [5.41, 5.74) is 14.0. The van der Waals surface area contributed by atoms with E-state index < -0.39 is 0 Å². The van der Waals surface area contributed by atoms with Gasteiger partial charge in [0, 0.05) is 38.7 Å². The molecule has 3 heteroatoms. The molecular weight excluding hydrogens is 667 g/mol. The third-order valence-corrected chi connectivity index (χ3v) is 10.4. The summed E-state index contributed by atoms with van der Waals surface area (Å²) in [6.07, 6.45) is 0. The van der Waals surface area contributed by atoms with Crippen molar-refractivity contribution >= 4 is 21.7 Å². The predicted molar refractivity (Wildman–Crippen MR) is 229 cm³/mol. The fourth-order valence-electron chi connectivity index (χ4n) is 7.81. The van der Waals surface area contributed by atoms with E-state index in [-0.39, 0.29) is 0 Å². The fourth-order valence-corrected chi connectivity index (χ4v) is 7.81. The van der Waals surface area contributed by atoms with E-state index >= 15 is 0 Å². The molecule has 3 nitrogen and oxygen atoms in total. The van der Waals surface area contributed by atoms with Crippen molar-refractivity contribution in [3.05, 3.63) is 212 Å². The predicted octanol–water partition coefficient (Wildman–Crippen LogP) is 13.6. The van der Waals surface area contributed by atoms with Gasteiger partial charge in [0.2, 0.25) is 0 Å². The van der Waals surface area contributed by atoms with E-state index in [9.17, 15) is 0 Å². The minimum absolute atomic E-state index is 0.898. The zero-order valence-electron chi connectivity index (χ0n) is 30.0. The molecule has 8 aromatic carbocycles. The molecule has 0 aliphatic carbocycles. The van der Waals surface area contributed by atoms with E-state index in [1.807, 2.05) is 0 Å². The van der Waals surface area contributed by atoms with Gasteiger partial charge in [0.1, 0.15) is 5.82 Å². The average molecular weight is 702 g/mol. The number of nitrogens with zero attached hydrogens (tertiary/aromatic N) is 3. The maximum absolute atomic E-state index is 5.38. The Morgan fingerprint density at radius 1 is 0.327 bits per heavy atom. The number of hydrogen-bond donors (Lipinski definition) is 0. The average Bonchev–Trinajstić information content (AvgIpc) is 3.68. The molecule has 0 bridgehead atoms. The fraction of sp³-hybridized carbons (Fsp3) is 0. The number of imidazole rings is 1. The van der Waals surface area contributed by atoms with Gasteiger partial charge in [-0.1, -0.05) is 188 Å². The van der Waals surface area contributed by atoms with E-state index in [0.29, 0.717) is 0 Å². The van der Waals surface area contributed by atoms with Crippen molar-refractivity contribution < 1.29 is 0 Å². The molecule has 2 heterocycles. The molecule has 0 saturated carbocycles. The Labute approximate surface area is 320 Å². The summed E-state index contributed by atoms with van der Waals surface area (Å²) < 4.78 is 2.32. The van der Waals surface area contributed by atoms with Gasteiger partial charge in [-0.3, -0.25) is 4.57 Å². The van der Waals surface area contributed by atoms with Crippen molar-refractivity contribution in [1.29, 1.82) is 0 Å². The molecule has 55 heavy (non-hydrogen) atoms. The summed E-state index contributed by atoms with van der Waals surface area (Å²) in [6, 6.07) is 75.0. The summed E-state index contributed by atoms with van der Waals surface area (Å²) in [7, 11) is 0. The second-order valence-electron chi connectivity index (χ2n) is 13.8. The third kappa shape index (κ3) is 5.89. The summed E-state index contributed by atoms with van der Waals surface area (Å²) >= 11 is 0. The lowest BCUT2D eigenvalue weighted by Gasteiger charge is -2.17. The van der Waals surface area contributed by atoms with Crippen LogP contribution in [0, 0.1) is 0 Å². The molecule has 0 spiro atoms. The van der Waals surface area contributed by atoms with E-state index in [2.05, 4.69) is 217 Å². The molecule has 0 atom stereocenters. The van der Waals surface area contributed by atoms with Gasteiger partial charge >= 0.3 is 0 Å². The molecule has 0 N–H and O–H groups in total. The lowest BCUT2D eigenvalue weighted by atomic mass is 9.91. The van der Waals surface area contributed by atoms with Crippen molar-refractivity contribution in [3.63, 3.8) is 0 Å². The van der Waals surface area contributed by atoms with E-state index in [4.69, 9.17) is 9.97 Å². The van der Waals surface area contributed by atoms with Crippen molar-refractivity contribution in [2.24, 2.45) is 0 Å². The van der Waals surface area contributed by atoms with Crippen LogP contribution in [0.3, 0.4) is 0 Å². The van der Waals surface area contributed by atoms with Crippen molar-refractivity contribution in [3.8, 4) is 73.1 Å². The number of pyridine rings is 1. The molecule has 0 unspecified atom stereocenters. The molecular formula is C52H35N3. The number of fused-ring (bicyclic) bond motifs is 3. The van der Waals surface area contributed by atoms with Gasteiger partial charge in [0.05, 0.1) is 22.6 Å². The van der Waals surface area contributed by atoms with Gasteiger partial charge < -0.3 is 0 Å². The van der Waals surface area contributed by atoms with Crippen LogP contribution < -0.4 is 0 Å². The van der Waals surface area contributed by atoms with Crippen molar-refractivity contribution in [1.82, 2.24) is 14.5 Å². The quantitative estimate of drug-likeness (QED) is 0.155. The van der Waals surface area contributed by atoms with Gasteiger partial charge in [-0.05, 0) is 51.9 Å². The highest BCUT2D eigenvalue weighted by Crippen LogP contribution is 2.42. The summed E-state index contributed by atoms with van der Waals surface area (Å²) in [5.74, 6) is 0.898. The Morgan fingerprint density at radius 2 is 0.800 bits per heavy atom. The Bertz CT molecular complexity index is 2920. The molecule has 0 saturated heterocycles. The maximum atomic E-state index is 5.38. The molecule has 10 rings (SSSR count). The van der Waals surface area contributed by atoms with Crippen LogP contribution in [0.25, 0.3) is 94.8 Å². The van der Waals surface area contributed by atoms with Gasteiger partial charge in [-0.25, -0.2) is 9.97 Å². The first-order valence-electron chi connectivity index (χ1n) is 18.7. The SMILES string of the molecule is c1ccc(-c2cc(-c3ccccc3)c3cc(-c4ccc(-n5c(-c6ccccc6)nc(-c6ccccc6)c5-c5ccccc5)cc4)c4ccccc4c3n2)cc1. The highest BCUT2D eigenvalue weighted by molar-refractivity contribution is 6.16. The molecule has 2 aromatic heterocycles. The normalized spacial score (nSPS) is 11.3. The Kier molecular flexibility index (Phi) is 8.16. The second kappa shape index (κ2) is 13.9. The largest absolute Gasteiger partial charge is 0.292 e. The van der Waals surface area contributed by atoms with Crippen LogP contribution >= 0.6 is 0 Å². The Hall–Kier alpha value is -7.36. The molecule has 0 fully saturated rings. The minimum Gasteiger partial charge on any atom is -0.292 e. The Balaban J connectivity index is 1.19. The van der Waals surface area contributed by atoms with Crippen LogP contribution in [-0.2, 0) is 0 Å². The summed E-state index contributed by atoms with van der Waals surface area (Å²) in [6.45, 7) is 0. The van der Waals surface area contributed by atoms with E-state index in [1.54, 1.807) is 0 Å². The van der Waals surface area contributed by atoms with Crippen LogP contribution in [0.1, 0.15) is 0 Å². The highest BCUT2D eigenvalue weighted by atomic mass is 15.1. The zero-order valence-corrected chi connectivity index (χ0v) is 30.0. The monoisotopic (exact) mass is 701 g/mol. The standard InChI is InChI=1S/C52H35N3/c1-6-18-36(19-7-1)46-35-48(38-20-8-2-9-21-38)53-50-44-29-17-16-28-43(44)45(34-47(46)50)37-30-32-42(33-31-37)55-51(40-24-12-4-13-25-40)49(39-22-10-3-11-23-39)54-52(55)41-26-14-5-15-27-41/h1-35H. The van der Waals surface area contributed by atoms with Gasteiger partial charge in [0.25, 0.3) is 0 Å². The van der Waals surface area contributed by atoms with Crippen LogP contribution in [0.4, 0.5) is 0 Å². The van der Waals surface area contributed by atoms with Crippen molar-refractivity contribution in [2.45, 2.75) is 0 Å². The molecule has 258 valence electrons. The molecule has 0 radical (unpaired) electrons. The van der Waals surface area contributed by atoms with Crippen LogP contribution in [-0.4, -0.2) is 14.5 Å². The zero-order chi connectivity index (χ0) is 36.6. The molecule has 0 aliphatic heterocycles. The summed E-state index contributed by atoms with van der Waals surface area (Å²) in [5, 5.41) is 3.43. The molecule has 0 amide bonds. The van der Waals surface area contributed by atoms with E-state index in [0.717, 1.165) is 72.7 Å². The minimum atomic E-state index is 0.898. The first kappa shape index (κ1) is 32.3. The summed E-state index contributed by atoms with van der Waals surface area (Å²) in [4.78, 5) is 10.7. The van der Waals surface area contributed by atoms with Gasteiger partial charge in [-0.2, -0.15) is 0 Å². The van der Waals surface area contributed by atoms with Crippen LogP contribution in [0.5, 0.6) is 0 Å². The van der Waals surface area contributed by atoms with Crippen LogP contribution in [0.2, 0.25) is 0 Å². The lowest BCUT2D eigenvalue weighted by molar-refractivity contribution is 1.07. The third-order valence-electron chi connectivity index (χ3n) is 10.4. The van der Waals surface area contributed by atoms with E-state index in [1.165, 1.54) is 22.1 Å². The smallest absolute Gasteiger partial charge is 0.145 e. The van der Waals surface area contributed by atoms with Crippen molar-refractivity contribution in [2.75, 3.05) is 0 Å². The maximum Gasteiger partial charge on any atom is 0.145 e. The molecule has 10 aromatic rings. The Morgan fingerprint density at radius 3 is 1.42 bits per heavy atom. The first-order valence-corrected chi connectivity index (χ1v) is 18.7. The topological polar surface area (TPSA) is 30.7 Å². The van der Waals surface area contributed by atoms with Gasteiger partial charge in [0.15, 0.2) is 0 Å². The lowest BCUT2D eigenvalue weighted by Crippen LogP contribution is -2.00. The number of rotatable bonds is 7. The number of hydrogen-bond acceptors (Lipinski definition) is 2. The molecule has 0 aliphatic rings. The second-order valence-corrected chi connectivity index (χ2v) is 13.8. The van der Waals surface area contributed by atoms with Gasteiger partial charge in [-0.15, -0.1) is 0 Å². The van der Waals surface area contributed by atoms with Crippen LogP contribution in [0.15, 0.2) is 212 Å². The number of aromatic nitrogens is 3. The highest BCUT2D eigenvalue weighted by Gasteiger charge is 2.23. The number of benzene rings is 8.